The number of fused-ring (bicyclic) bond motifs is 3. The largest absolute Gasteiger partial charge is 0.505 e. The van der Waals surface area contributed by atoms with Crippen molar-refractivity contribution in [2.45, 2.75) is 45.0 Å². The maximum absolute atomic E-state index is 14.1. The summed E-state index contributed by atoms with van der Waals surface area (Å²) in [6, 6.07) is 23.1. The van der Waals surface area contributed by atoms with Crippen molar-refractivity contribution in [3.05, 3.63) is 107 Å². The molecular weight excluding hydrogens is 532 g/mol. The first-order valence-corrected chi connectivity index (χ1v) is 14.6. The summed E-state index contributed by atoms with van der Waals surface area (Å²) in [5.74, 6) is -2.73. The van der Waals surface area contributed by atoms with Crippen LogP contribution in [0, 0.1) is 23.6 Å². The number of hydrogen-bond acceptors (Lipinski definition) is 5. The van der Waals surface area contributed by atoms with E-state index >= 15 is 0 Å². The highest BCUT2D eigenvalue weighted by Crippen LogP contribution is 2.52. The van der Waals surface area contributed by atoms with Crippen LogP contribution >= 0.6 is 0 Å². The molecular formula is C34H33BFNO5. The Bertz CT molecular complexity index is 1560. The van der Waals surface area contributed by atoms with Gasteiger partial charge in [-0.25, -0.2) is 4.39 Å². The van der Waals surface area contributed by atoms with Crippen LogP contribution in [0.1, 0.15) is 43.7 Å². The number of halogens is 1. The molecule has 0 unspecified atom stereocenters. The lowest BCUT2D eigenvalue weighted by molar-refractivity contribution is -0.122. The van der Waals surface area contributed by atoms with E-state index in [0.717, 1.165) is 28.7 Å². The van der Waals surface area contributed by atoms with Gasteiger partial charge in [0.05, 0.1) is 23.6 Å². The highest BCUT2D eigenvalue weighted by Gasteiger charge is 2.57. The van der Waals surface area contributed by atoms with E-state index in [1.807, 2.05) is 54.6 Å². The molecule has 6 nitrogen and oxygen atoms in total. The average Bonchev–Trinajstić information content (AvgIpc) is 3.26. The number of carbonyl (C=O) groups is 2. The molecule has 0 spiro atoms. The Kier molecular flexibility index (Phi) is 7.84. The molecule has 0 bridgehead atoms. The zero-order valence-electron chi connectivity index (χ0n) is 23.4. The number of benzene rings is 3. The molecule has 0 saturated carbocycles. The molecule has 6 rings (SSSR count). The first-order valence-electron chi connectivity index (χ1n) is 14.6. The van der Waals surface area contributed by atoms with Crippen LogP contribution in [0.5, 0.6) is 5.75 Å². The highest BCUT2D eigenvalue weighted by atomic mass is 19.1. The molecule has 2 N–H and O–H groups in total. The van der Waals surface area contributed by atoms with Crippen LogP contribution in [0.4, 0.5) is 10.1 Å². The molecule has 214 valence electrons. The molecule has 4 atom stereocenters. The Morgan fingerprint density at radius 1 is 1.02 bits per heavy atom. The van der Waals surface area contributed by atoms with Crippen LogP contribution in [0.2, 0.25) is 6.32 Å². The van der Waals surface area contributed by atoms with Crippen LogP contribution in [0.15, 0.2) is 90.0 Å². The van der Waals surface area contributed by atoms with Crippen molar-refractivity contribution >= 4 is 36.3 Å². The van der Waals surface area contributed by atoms with Crippen LogP contribution < -0.4 is 4.90 Å². The number of amides is 2. The topological polar surface area (TPSA) is 87.1 Å². The van der Waals surface area contributed by atoms with Crippen molar-refractivity contribution in [2.75, 3.05) is 4.90 Å². The number of phenols is 1. The molecule has 2 aliphatic heterocycles. The number of phenolic OH excluding ortho intramolecular Hbond substituents is 1. The molecule has 0 aromatic heterocycles. The summed E-state index contributed by atoms with van der Waals surface area (Å²) in [7, 11) is -1.05. The molecule has 42 heavy (non-hydrogen) atoms. The van der Waals surface area contributed by atoms with E-state index in [2.05, 4.69) is 6.92 Å². The number of anilines is 1. The summed E-state index contributed by atoms with van der Waals surface area (Å²) in [6.07, 6.45) is 4.08. The Labute approximate surface area is 245 Å². The number of nitrogens with zero attached hydrogens (tertiary/aromatic N) is 1. The SMILES string of the molecule is CCC1=C2[C@@H](CC/C(=C/c3ccc(O)c(F)c3)c3ccccc3)OB(O)C[C@@H]2[C@@H]2C(=O)N(c3ccccc3)C(=O)[C@@H]2C1. The van der Waals surface area contributed by atoms with E-state index in [9.17, 15) is 24.1 Å². The van der Waals surface area contributed by atoms with Crippen molar-refractivity contribution in [3.8, 4) is 5.75 Å². The summed E-state index contributed by atoms with van der Waals surface area (Å²) in [5, 5.41) is 20.5. The fourth-order valence-electron chi connectivity index (χ4n) is 6.99. The molecule has 8 heteroatoms. The quantitative estimate of drug-likeness (QED) is 0.153. The van der Waals surface area contributed by atoms with Gasteiger partial charge in [0.2, 0.25) is 11.8 Å². The minimum atomic E-state index is -1.05. The third-order valence-corrected chi connectivity index (χ3v) is 8.88. The molecule has 2 amide bonds. The Morgan fingerprint density at radius 2 is 1.74 bits per heavy atom. The second-order valence-corrected chi connectivity index (χ2v) is 11.3. The van der Waals surface area contributed by atoms with Crippen LogP contribution in [0.25, 0.3) is 11.6 Å². The summed E-state index contributed by atoms with van der Waals surface area (Å²) < 4.78 is 20.3. The summed E-state index contributed by atoms with van der Waals surface area (Å²) in [6.45, 7) is 2.06. The molecule has 1 aliphatic carbocycles. The molecule has 2 fully saturated rings. The highest BCUT2D eigenvalue weighted by molar-refractivity contribution is 6.43. The first-order chi connectivity index (χ1) is 20.4. The van der Waals surface area contributed by atoms with Crippen LogP contribution in [-0.2, 0) is 14.2 Å². The van der Waals surface area contributed by atoms with Gasteiger partial charge in [0.25, 0.3) is 0 Å². The van der Waals surface area contributed by atoms with Gasteiger partial charge < -0.3 is 14.8 Å². The van der Waals surface area contributed by atoms with Crippen molar-refractivity contribution < 1.29 is 28.8 Å². The lowest BCUT2D eigenvalue weighted by Gasteiger charge is -2.43. The second kappa shape index (κ2) is 11.7. The van der Waals surface area contributed by atoms with Crippen molar-refractivity contribution in [1.82, 2.24) is 0 Å². The first kappa shape index (κ1) is 28.1. The number of para-hydroxylation sites is 1. The van der Waals surface area contributed by atoms with E-state index < -0.39 is 36.6 Å². The van der Waals surface area contributed by atoms with Crippen LogP contribution in [0.3, 0.4) is 0 Å². The van der Waals surface area contributed by atoms with Crippen molar-refractivity contribution in [2.24, 2.45) is 17.8 Å². The van der Waals surface area contributed by atoms with Crippen molar-refractivity contribution in [1.29, 1.82) is 0 Å². The van der Waals surface area contributed by atoms with E-state index in [1.54, 1.807) is 18.2 Å². The Hall–Kier alpha value is -4.01. The lowest BCUT2D eigenvalue weighted by Crippen LogP contribution is -2.46. The zero-order chi connectivity index (χ0) is 29.4. The smallest absolute Gasteiger partial charge is 0.455 e. The van der Waals surface area contributed by atoms with Gasteiger partial charge in [0, 0.05) is 0 Å². The van der Waals surface area contributed by atoms with Crippen molar-refractivity contribution in [3.63, 3.8) is 0 Å². The Morgan fingerprint density at radius 3 is 2.43 bits per heavy atom. The van der Waals surface area contributed by atoms with E-state index in [4.69, 9.17) is 4.65 Å². The zero-order valence-corrected chi connectivity index (χ0v) is 23.4. The summed E-state index contributed by atoms with van der Waals surface area (Å²) >= 11 is 0. The monoisotopic (exact) mass is 565 g/mol. The second-order valence-electron chi connectivity index (χ2n) is 11.3. The van der Waals surface area contributed by atoms with Gasteiger partial charge in [-0.15, -0.1) is 0 Å². The maximum atomic E-state index is 14.1. The van der Waals surface area contributed by atoms with Gasteiger partial charge in [-0.05, 0) is 84.5 Å². The van der Waals surface area contributed by atoms with E-state index in [0.29, 0.717) is 30.5 Å². The fraction of sp³-hybridized carbons (Fsp3) is 0.294. The molecule has 2 saturated heterocycles. The number of carbonyl (C=O) groups excluding carboxylic acids is 2. The predicted molar refractivity (Wildman–Crippen MR) is 161 cm³/mol. The van der Waals surface area contributed by atoms with Gasteiger partial charge in [-0.2, -0.15) is 0 Å². The molecule has 0 radical (unpaired) electrons. The summed E-state index contributed by atoms with van der Waals surface area (Å²) in [5.41, 5.74) is 5.30. The molecule has 3 aromatic rings. The molecule has 2 heterocycles. The molecule has 3 aliphatic rings. The maximum Gasteiger partial charge on any atom is 0.455 e. The standard InChI is InChI=1S/C34H33BFNO5/c1-2-22-19-26-32(34(40)37(33(26)39)25-11-7-4-8-12-25)27-20-35(41)42-30(31(22)27)16-14-24(23-9-5-3-6-10-23)17-21-13-15-29(38)28(36)18-21/h3-13,15,17-18,26-27,30,32,38,41H,2,14,16,19-20H2,1H3/b24-17-/t26-,27+,30-,32-/m1/s1. The van der Waals surface area contributed by atoms with E-state index in [-0.39, 0.29) is 24.1 Å². The summed E-state index contributed by atoms with van der Waals surface area (Å²) in [4.78, 5) is 28.7. The minimum Gasteiger partial charge on any atom is -0.505 e. The average molecular weight is 565 g/mol. The van der Waals surface area contributed by atoms with Gasteiger partial charge in [-0.3, -0.25) is 14.5 Å². The predicted octanol–water partition coefficient (Wildman–Crippen LogP) is 6.26. The lowest BCUT2D eigenvalue weighted by atomic mass is 9.58. The number of imide groups is 1. The number of aromatic hydroxyl groups is 1. The number of hydrogen-bond donors (Lipinski definition) is 2. The number of allylic oxidation sites excluding steroid dienone is 2. The number of rotatable bonds is 7. The minimum absolute atomic E-state index is 0.172. The Balaban J connectivity index is 1.31. The third-order valence-electron chi connectivity index (χ3n) is 8.88. The van der Waals surface area contributed by atoms with Gasteiger partial charge in [-0.1, -0.05) is 73.2 Å². The van der Waals surface area contributed by atoms with Gasteiger partial charge in [0.1, 0.15) is 0 Å². The van der Waals surface area contributed by atoms with Crippen LogP contribution in [-0.4, -0.2) is 35.2 Å². The molecule has 3 aromatic carbocycles. The van der Waals surface area contributed by atoms with Gasteiger partial charge in [0.15, 0.2) is 11.6 Å². The third kappa shape index (κ3) is 5.21. The van der Waals surface area contributed by atoms with Gasteiger partial charge >= 0.3 is 7.12 Å². The fourth-order valence-corrected chi connectivity index (χ4v) is 6.99. The van der Waals surface area contributed by atoms with E-state index in [1.165, 1.54) is 17.0 Å². The normalized spacial score (nSPS) is 24.2.